The van der Waals surface area contributed by atoms with Gasteiger partial charge in [-0.15, -0.1) is 0 Å². The highest BCUT2D eigenvalue weighted by Crippen LogP contribution is 2.38. The standard InChI is InChI=1S/C23H16F6N2O3S/c24-22(25,26)16-11-17(23(27,28)29)13-18(12-16)30-21(32)15-6-7-20-14(10-15)8-9-31(20)35(33,34)19-4-2-1-3-5-19/h1-7,10-13H,8-9H2,(H,30,32). The third-order valence-corrected chi connectivity index (χ3v) is 7.20. The third kappa shape index (κ3) is 4.97. The molecule has 0 spiro atoms. The molecule has 3 aromatic rings. The SMILES string of the molecule is O=C(Nc1cc(C(F)(F)F)cc(C(F)(F)F)c1)c1ccc2c(c1)CCN2S(=O)(=O)c1ccccc1. The zero-order valence-electron chi connectivity index (χ0n) is 17.6. The molecule has 0 radical (unpaired) electrons. The van der Waals surface area contributed by atoms with Gasteiger partial charge in [-0.05, 0) is 60.5 Å². The molecule has 0 fully saturated rings. The van der Waals surface area contributed by atoms with Gasteiger partial charge in [-0.25, -0.2) is 8.42 Å². The highest BCUT2D eigenvalue weighted by Gasteiger charge is 2.37. The number of carbonyl (C=O) groups is 1. The number of amides is 1. The largest absolute Gasteiger partial charge is 0.416 e. The monoisotopic (exact) mass is 514 g/mol. The summed E-state index contributed by atoms with van der Waals surface area (Å²) in [6.45, 7) is 0.111. The molecule has 4 rings (SSSR count). The summed E-state index contributed by atoms with van der Waals surface area (Å²) in [5.41, 5.74) is -3.00. The molecule has 0 aromatic heterocycles. The lowest BCUT2D eigenvalue weighted by Gasteiger charge is -2.19. The number of sulfonamides is 1. The molecule has 0 saturated heterocycles. The van der Waals surface area contributed by atoms with Crippen LogP contribution in [0.15, 0.2) is 71.6 Å². The van der Waals surface area contributed by atoms with Crippen molar-refractivity contribution in [1.82, 2.24) is 0 Å². The Morgan fingerprint density at radius 1 is 0.829 bits per heavy atom. The van der Waals surface area contributed by atoms with Crippen LogP contribution in [0.25, 0.3) is 0 Å². The molecule has 35 heavy (non-hydrogen) atoms. The van der Waals surface area contributed by atoms with E-state index in [0.29, 0.717) is 23.4 Å². The van der Waals surface area contributed by atoms with Gasteiger partial charge in [0.05, 0.1) is 21.7 Å². The Hall–Kier alpha value is -3.54. The van der Waals surface area contributed by atoms with E-state index in [1.165, 1.54) is 34.6 Å². The highest BCUT2D eigenvalue weighted by molar-refractivity contribution is 7.92. The van der Waals surface area contributed by atoms with E-state index in [9.17, 15) is 39.6 Å². The number of fused-ring (bicyclic) bond motifs is 1. The fraction of sp³-hybridized carbons (Fsp3) is 0.174. The molecule has 1 amide bonds. The van der Waals surface area contributed by atoms with Gasteiger partial charge in [0.25, 0.3) is 15.9 Å². The molecule has 0 unspecified atom stereocenters. The Morgan fingerprint density at radius 2 is 1.43 bits per heavy atom. The summed E-state index contributed by atoms with van der Waals surface area (Å²) in [4.78, 5) is 12.7. The van der Waals surface area contributed by atoms with Gasteiger partial charge in [0.15, 0.2) is 0 Å². The number of alkyl halides is 6. The Bertz CT molecular complexity index is 1350. The lowest BCUT2D eigenvalue weighted by molar-refractivity contribution is -0.143. The highest BCUT2D eigenvalue weighted by atomic mass is 32.2. The van der Waals surface area contributed by atoms with Crippen molar-refractivity contribution in [3.8, 4) is 0 Å². The Kier molecular flexibility index (Phi) is 6.04. The van der Waals surface area contributed by atoms with E-state index in [1.54, 1.807) is 18.2 Å². The first-order valence-corrected chi connectivity index (χ1v) is 11.5. The van der Waals surface area contributed by atoms with Crippen LogP contribution >= 0.6 is 0 Å². The van der Waals surface area contributed by atoms with Gasteiger partial charge in [0, 0.05) is 17.8 Å². The van der Waals surface area contributed by atoms with E-state index >= 15 is 0 Å². The number of benzene rings is 3. The molecular weight excluding hydrogens is 498 g/mol. The summed E-state index contributed by atoms with van der Waals surface area (Å²) in [7, 11) is -3.85. The van der Waals surface area contributed by atoms with Crippen LogP contribution in [-0.4, -0.2) is 20.9 Å². The molecule has 1 aliphatic heterocycles. The normalized spacial score (nSPS) is 14.1. The first-order chi connectivity index (χ1) is 16.3. The summed E-state index contributed by atoms with van der Waals surface area (Å²) in [6.07, 6.45) is -9.84. The molecule has 1 aliphatic rings. The quantitative estimate of drug-likeness (QED) is 0.453. The summed E-state index contributed by atoms with van der Waals surface area (Å²) >= 11 is 0. The molecule has 184 valence electrons. The average Bonchev–Trinajstić information content (AvgIpc) is 3.22. The van der Waals surface area contributed by atoms with E-state index in [2.05, 4.69) is 5.32 Å². The second-order valence-electron chi connectivity index (χ2n) is 7.73. The summed E-state index contributed by atoms with van der Waals surface area (Å²) in [6, 6.07) is 12.5. The van der Waals surface area contributed by atoms with Gasteiger partial charge in [-0.2, -0.15) is 26.3 Å². The molecule has 1 N–H and O–H groups in total. The number of hydrogen-bond donors (Lipinski definition) is 1. The molecule has 12 heteroatoms. The molecule has 0 bridgehead atoms. The van der Waals surface area contributed by atoms with Crippen molar-refractivity contribution in [2.24, 2.45) is 0 Å². The van der Waals surface area contributed by atoms with E-state index < -0.39 is 45.1 Å². The van der Waals surface area contributed by atoms with Crippen LogP contribution in [-0.2, 0) is 28.8 Å². The smallest absolute Gasteiger partial charge is 0.322 e. The van der Waals surface area contributed by atoms with Crippen molar-refractivity contribution in [3.63, 3.8) is 0 Å². The van der Waals surface area contributed by atoms with Crippen LogP contribution < -0.4 is 9.62 Å². The number of halogens is 6. The number of rotatable bonds is 4. The number of hydrogen-bond acceptors (Lipinski definition) is 3. The maximum atomic E-state index is 13.1. The van der Waals surface area contributed by atoms with Crippen LogP contribution in [0.3, 0.4) is 0 Å². The second-order valence-corrected chi connectivity index (χ2v) is 9.59. The van der Waals surface area contributed by atoms with Crippen LogP contribution in [0, 0.1) is 0 Å². The maximum absolute atomic E-state index is 13.1. The summed E-state index contributed by atoms with van der Waals surface area (Å²) in [5, 5.41) is 2.07. The van der Waals surface area contributed by atoms with Gasteiger partial charge < -0.3 is 5.32 Å². The number of carbonyl (C=O) groups excluding carboxylic acids is 1. The van der Waals surface area contributed by atoms with Crippen molar-refractivity contribution < 1.29 is 39.6 Å². The second kappa shape index (κ2) is 8.59. The lowest BCUT2D eigenvalue weighted by atomic mass is 10.1. The zero-order valence-corrected chi connectivity index (χ0v) is 18.4. The van der Waals surface area contributed by atoms with Crippen molar-refractivity contribution in [2.45, 2.75) is 23.7 Å². The van der Waals surface area contributed by atoms with Gasteiger partial charge >= 0.3 is 12.4 Å². The predicted molar refractivity (Wildman–Crippen MR) is 116 cm³/mol. The van der Waals surface area contributed by atoms with Crippen LogP contribution in [0.2, 0.25) is 0 Å². The molecule has 0 aliphatic carbocycles. The van der Waals surface area contributed by atoms with Crippen LogP contribution in [0.4, 0.5) is 37.7 Å². The first kappa shape index (κ1) is 24.6. The van der Waals surface area contributed by atoms with Crippen molar-refractivity contribution >= 4 is 27.3 Å². The van der Waals surface area contributed by atoms with Crippen LogP contribution in [0.5, 0.6) is 0 Å². The fourth-order valence-electron chi connectivity index (χ4n) is 3.71. The minimum absolute atomic E-state index is 0.0349. The van der Waals surface area contributed by atoms with Gasteiger partial charge in [-0.1, -0.05) is 18.2 Å². The van der Waals surface area contributed by atoms with E-state index in [-0.39, 0.29) is 29.5 Å². The maximum Gasteiger partial charge on any atom is 0.416 e. The molecular formula is C23H16F6N2O3S. The minimum Gasteiger partial charge on any atom is -0.322 e. The van der Waals surface area contributed by atoms with Crippen molar-refractivity contribution in [1.29, 1.82) is 0 Å². The van der Waals surface area contributed by atoms with E-state index in [0.717, 1.165) is 0 Å². The number of nitrogens with one attached hydrogen (secondary N) is 1. The lowest BCUT2D eigenvalue weighted by Crippen LogP contribution is -2.29. The molecule has 3 aromatic carbocycles. The Labute approximate surface area is 196 Å². The fourth-order valence-corrected chi connectivity index (χ4v) is 5.24. The van der Waals surface area contributed by atoms with Gasteiger partial charge in [-0.3, -0.25) is 9.10 Å². The molecule has 0 atom stereocenters. The molecule has 5 nitrogen and oxygen atoms in total. The molecule has 1 heterocycles. The van der Waals surface area contributed by atoms with Crippen molar-refractivity contribution in [3.05, 3.63) is 89.0 Å². The Balaban J connectivity index is 1.61. The minimum atomic E-state index is -5.05. The third-order valence-electron chi connectivity index (χ3n) is 5.37. The summed E-state index contributed by atoms with van der Waals surface area (Å²) in [5.74, 6) is -0.940. The van der Waals surface area contributed by atoms with Crippen molar-refractivity contribution in [2.75, 3.05) is 16.2 Å². The topological polar surface area (TPSA) is 66.5 Å². The Morgan fingerprint density at radius 3 is 2.00 bits per heavy atom. The van der Waals surface area contributed by atoms with E-state index in [4.69, 9.17) is 0 Å². The van der Waals surface area contributed by atoms with Crippen LogP contribution in [0.1, 0.15) is 27.0 Å². The first-order valence-electron chi connectivity index (χ1n) is 10.1. The van der Waals surface area contributed by atoms with E-state index in [1.807, 2.05) is 0 Å². The number of anilines is 2. The van der Waals surface area contributed by atoms with Gasteiger partial charge in [0.2, 0.25) is 0 Å². The predicted octanol–water partition coefficient (Wildman–Crippen LogP) is 5.73. The zero-order chi connectivity index (χ0) is 25.6. The van der Waals surface area contributed by atoms with Gasteiger partial charge in [0.1, 0.15) is 0 Å². The summed E-state index contributed by atoms with van der Waals surface area (Å²) < 4.78 is 105. The molecule has 0 saturated carbocycles. The number of nitrogens with zero attached hydrogens (tertiary/aromatic N) is 1. The average molecular weight is 514 g/mol.